The number of rotatable bonds is 9. The van der Waals surface area contributed by atoms with Gasteiger partial charge in [0.15, 0.2) is 11.5 Å². The van der Waals surface area contributed by atoms with E-state index in [1.165, 1.54) is 0 Å². The summed E-state index contributed by atoms with van der Waals surface area (Å²) in [4.78, 5) is 15.0. The molecule has 8 nitrogen and oxygen atoms in total. The summed E-state index contributed by atoms with van der Waals surface area (Å²) in [5, 5.41) is 8.08. The smallest absolute Gasteiger partial charge is 0.254 e. The third-order valence-electron chi connectivity index (χ3n) is 4.95. The monoisotopic (exact) mass is 429 g/mol. The van der Waals surface area contributed by atoms with Crippen LogP contribution >= 0.6 is 0 Å². The fourth-order valence-electron chi connectivity index (χ4n) is 3.49. The van der Waals surface area contributed by atoms with Gasteiger partial charge < -0.3 is 23.8 Å². The van der Waals surface area contributed by atoms with Crippen molar-refractivity contribution >= 4 is 5.91 Å². The molecular weight excluding hydrogens is 398 g/mol. The van der Waals surface area contributed by atoms with Crippen molar-refractivity contribution in [2.45, 2.75) is 46.6 Å². The Balaban J connectivity index is 1.70. The standard InChI is InChI=1S/C23H31N3O5/c1-5-28-19-14-17(15-20(29-6-2)22(19)30-7-3)23(27)26-12-10-18(11-13-26)31-21-9-8-16(4)24-25-21/h8-9,14-15,18H,5-7,10-13H2,1-4H3. The number of likely N-dealkylation sites (tertiary alicyclic amines) is 1. The summed E-state index contributed by atoms with van der Waals surface area (Å²) in [6, 6.07) is 7.18. The minimum absolute atomic E-state index is 0.0133. The maximum atomic E-state index is 13.2. The molecule has 2 heterocycles. The van der Waals surface area contributed by atoms with Crippen LogP contribution in [0.25, 0.3) is 0 Å². The number of piperidine rings is 1. The molecule has 168 valence electrons. The summed E-state index contributed by atoms with van der Waals surface area (Å²) in [5.74, 6) is 2.04. The normalized spacial score (nSPS) is 14.3. The van der Waals surface area contributed by atoms with E-state index in [0.717, 1.165) is 18.5 Å². The first-order valence-electron chi connectivity index (χ1n) is 10.9. The molecule has 0 N–H and O–H groups in total. The SMILES string of the molecule is CCOc1cc(C(=O)N2CCC(Oc3ccc(C)nn3)CC2)cc(OCC)c1OCC. The van der Waals surface area contributed by atoms with Crippen LogP contribution < -0.4 is 18.9 Å². The highest BCUT2D eigenvalue weighted by molar-refractivity contribution is 5.95. The highest BCUT2D eigenvalue weighted by Gasteiger charge is 2.27. The van der Waals surface area contributed by atoms with Crippen LogP contribution in [0.5, 0.6) is 23.1 Å². The van der Waals surface area contributed by atoms with Crippen molar-refractivity contribution in [3.8, 4) is 23.1 Å². The number of aryl methyl sites for hydroxylation is 1. The van der Waals surface area contributed by atoms with Crippen molar-refractivity contribution in [2.24, 2.45) is 0 Å². The van der Waals surface area contributed by atoms with E-state index in [0.29, 0.717) is 61.6 Å². The Morgan fingerprint density at radius 3 is 2.10 bits per heavy atom. The van der Waals surface area contributed by atoms with Crippen molar-refractivity contribution in [3.63, 3.8) is 0 Å². The second-order valence-corrected chi connectivity index (χ2v) is 7.22. The van der Waals surface area contributed by atoms with Gasteiger partial charge in [0.1, 0.15) is 6.10 Å². The number of carbonyl (C=O) groups is 1. The van der Waals surface area contributed by atoms with E-state index in [1.807, 2.05) is 44.7 Å². The van der Waals surface area contributed by atoms with E-state index < -0.39 is 0 Å². The van der Waals surface area contributed by atoms with Gasteiger partial charge >= 0.3 is 0 Å². The molecule has 1 aromatic carbocycles. The molecule has 0 bridgehead atoms. The number of hydrogen-bond donors (Lipinski definition) is 0. The van der Waals surface area contributed by atoms with Crippen molar-refractivity contribution in [1.82, 2.24) is 15.1 Å². The van der Waals surface area contributed by atoms with E-state index in [1.54, 1.807) is 12.1 Å². The molecule has 1 saturated heterocycles. The molecule has 0 atom stereocenters. The molecule has 8 heteroatoms. The third-order valence-corrected chi connectivity index (χ3v) is 4.95. The number of aromatic nitrogens is 2. The maximum Gasteiger partial charge on any atom is 0.254 e. The number of hydrogen-bond acceptors (Lipinski definition) is 7. The van der Waals surface area contributed by atoms with Crippen molar-refractivity contribution in [2.75, 3.05) is 32.9 Å². The van der Waals surface area contributed by atoms with Crippen LogP contribution in [0.2, 0.25) is 0 Å². The van der Waals surface area contributed by atoms with Crippen LogP contribution in [0, 0.1) is 6.92 Å². The molecule has 1 aromatic heterocycles. The van der Waals surface area contributed by atoms with Gasteiger partial charge in [-0.05, 0) is 45.9 Å². The average molecular weight is 430 g/mol. The molecule has 3 rings (SSSR count). The van der Waals surface area contributed by atoms with E-state index in [-0.39, 0.29) is 12.0 Å². The topological polar surface area (TPSA) is 83.0 Å². The Morgan fingerprint density at radius 1 is 0.968 bits per heavy atom. The molecule has 0 spiro atoms. The van der Waals surface area contributed by atoms with E-state index in [4.69, 9.17) is 18.9 Å². The molecule has 0 unspecified atom stereocenters. The van der Waals surface area contributed by atoms with Gasteiger partial charge in [-0.25, -0.2) is 0 Å². The molecule has 0 radical (unpaired) electrons. The second kappa shape index (κ2) is 10.8. The van der Waals surface area contributed by atoms with Crippen LogP contribution in [0.3, 0.4) is 0 Å². The largest absolute Gasteiger partial charge is 0.490 e. The lowest BCUT2D eigenvalue weighted by Gasteiger charge is -2.32. The molecule has 0 saturated carbocycles. The summed E-state index contributed by atoms with van der Waals surface area (Å²) in [7, 11) is 0. The summed E-state index contributed by atoms with van der Waals surface area (Å²) < 4.78 is 23.1. The van der Waals surface area contributed by atoms with Gasteiger partial charge in [0.2, 0.25) is 11.6 Å². The van der Waals surface area contributed by atoms with Gasteiger partial charge in [-0.15, -0.1) is 5.10 Å². The molecule has 0 aliphatic carbocycles. The zero-order valence-corrected chi connectivity index (χ0v) is 18.7. The first kappa shape index (κ1) is 22.7. The lowest BCUT2D eigenvalue weighted by molar-refractivity contribution is 0.0585. The molecule has 1 amide bonds. The van der Waals surface area contributed by atoms with Crippen LogP contribution in [-0.2, 0) is 0 Å². The molecule has 1 aliphatic heterocycles. The van der Waals surface area contributed by atoms with Gasteiger partial charge in [0, 0.05) is 37.6 Å². The molecule has 31 heavy (non-hydrogen) atoms. The second-order valence-electron chi connectivity index (χ2n) is 7.22. The third kappa shape index (κ3) is 5.77. The lowest BCUT2D eigenvalue weighted by atomic mass is 10.1. The molecule has 1 fully saturated rings. The number of ether oxygens (including phenoxy) is 4. The minimum Gasteiger partial charge on any atom is -0.490 e. The Hall–Kier alpha value is -3.03. The van der Waals surface area contributed by atoms with E-state index in [2.05, 4.69) is 10.2 Å². The predicted molar refractivity (Wildman–Crippen MR) is 116 cm³/mol. The van der Waals surface area contributed by atoms with Crippen molar-refractivity contribution in [1.29, 1.82) is 0 Å². The summed E-state index contributed by atoms with van der Waals surface area (Å²) in [6.07, 6.45) is 1.48. The molecule has 1 aliphatic rings. The number of carbonyl (C=O) groups excluding carboxylic acids is 1. The Kier molecular flexibility index (Phi) is 7.92. The summed E-state index contributed by atoms with van der Waals surface area (Å²) >= 11 is 0. The first-order valence-corrected chi connectivity index (χ1v) is 10.9. The van der Waals surface area contributed by atoms with E-state index >= 15 is 0 Å². The van der Waals surface area contributed by atoms with Crippen LogP contribution in [-0.4, -0.2) is 60.0 Å². The van der Waals surface area contributed by atoms with Crippen molar-refractivity contribution in [3.05, 3.63) is 35.5 Å². The fourth-order valence-corrected chi connectivity index (χ4v) is 3.49. The predicted octanol–water partition coefficient (Wildman–Crippen LogP) is 3.66. The Labute approximate surface area is 183 Å². The molecule has 2 aromatic rings. The first-order chi connectivity index (χ1) is 15.0. The van der Waals surface area contributed by atoms with Crippen LogP contribution in [0.4, 0.5) is 0 Å². The summed E-state index contributed by atoms with van der Waals surface area (Å²) in [5.41, 5.74) is 1.38. The number of amides is 1. The number of nitrogens with zero attached hydrogens (tertiary/aromatic N) is 3. The van der Waals surface area contributed by atoms with Crippen LogP contribution in [0.1, 0.15) is 49.7 Å². The minimum atomic E-state index is -0.0569. The van der Waals surface area contributed by atoms with Crippen molar-refractivity contribution < 1.29 is 23.7 Å². The Morgan fingerprint density at radius 2 is 1.58 bits per heavy atom. The van der Waals surface area contributed by atoms with E-state index in [9.17, 15) is 4.79 Å². The Bertz CT molecular complexity index is 837. The van der Waals surface area contributed by atoms with Crippen LogP contribution in [0.15, 0.2) is 24.3 Å². The maximum absolute atomic E-state index is 13.2. The van der Waals surface area contributed by atoms with Gasteiger partial charge in [0.25, 0.3) is 5.91 Å². The van der Waals surface area contributed by atoms with Gasteiger partial charge in [-0.1, -0.05) is 0 Å². The zero-order chi connectivity index (χ0) is 22.2. The number of benzene rings is 1. The summed E-state index contributed by atoms with van der Waals surface area (Å²) in [6.45, 7) is 10.2. The van der Waals surface area contributed by atoms with Gasteiger partial charge in [0.05, 0.1) is 25.5 Å². The molecular formula is C23H31N3O5. The average Bonchev–Trinajstić information content (AvgIpc) is 2.78. The highest BCUT2D eigenvalue weighted by atomic mass is 16.5. The van der Waals surface area contributed by atoms with Gasteiger partial charge in [-0.3, -0.25) is 4.79 Å². The lowest BCUT2D eigenvalue weighted by Crippen LogP contribution is -2.41. The zero-order valence-electron chi connectivity index (χ0n) is 18.7. The van der Waals surface area contributed by atoms with Gasteiger partial charge in [-0.2, -0.15) is 5.10 Å². The fraction of sp³-hybridized carbons (Fsp3) is 0.522. The quantitative estimate of drug-likeness (QED) is 0.601. The highest BCUT2D eigenvalue weighted by Crippen LogP contribution is 2.39.